The van der Waals surface area contributed by atoms with E-state index in [9.17, 15) is 15.3 Å². The quantitative estimate of drug-likeness (QED) is 0.237. The van der Waals surface area contributed by atoms with Gasteiger partial charge >= 0.3 is 0 Å². The van der Waals surface area contributed by atoms with Crippen LogP contribution in [0.15, 0.2) is 5.11 Å². The lowest BCUT2D eigenvalue weighted by atomic mass is 9.96. The van der Waals surface area contributed by atoms with Crippen LogP contribution < -0.4 is 0 Å². The van der Waals surface area contributed by atoms with Crippen LogP contribution in [0.2, 0.25) is 0 Å². The summed E-state index contributed by atoms with van der Waals surface area (Å²) < 4.78 is 4.69. The average molecular weight is 205 g/mol. The molecule has 80 valence electrons. The molecule has 1 aliphatic rings. The zero-order valence-electron chi connectivity index (χ0n) is 7.19. The van der Waals surface area contributed by atoms with Crippen molar-refractivity contribution >= 4 is 0 Å². The molecule has 0 amide bonds. The van der Waals surface area contributed by atoms with Crippen LogP contribution >= 0.6 is 0 Å². The number of nitrogens with zero attached hydrogens (tertiary/aromatic N) is 3. The average Bonchev–Trinajstić information content (AvgIpc) is 2.19. The zero-order chi connectivity index (χ0) is 10.8. The van der Waals surface area contributed by atoms with Crippen molar-refractivity contribution in [3.63, 3.8) is 0 Å². The summed E-state index contributed by atoms with van der Waals surface area (Å²) in [6, 6.07) is -0.971. The highest BCUT2D eigenvalue weighted by Gasteiger charge is 2.48. The fourth-order valence-electron chi connectivity index (χ4n) is 1.20. The fraction of sp³-hybridized carbons (Fsp3) is 1.00. The summed E-state index contributed by atoms with van der Waals surface area (Å²) in [5.41, 5.74) is 8.11. The Morgan fingerprint density at radius 1 is 1.57 bits per heavy atom. The Hall–Kier alpha value is -0.890. The van der Waals surface area contributed by atoms with Crippen molar-refractivity contribution in [3.8, 4) is 0 Å². The molecule has 0 bridgehead atoms. The van der Waals surface area contributed by atoms with Gasteiger partial charge in [0.1, 0.15) is 6.10 Å². The maximum atomic E-state index is 9.39. The van der Waals surface area contributed by atoms with Gasteiger partial charge in [0, 0.05) is 4.91 Å². The second kappa shape index (κ2) is 4.09. The molecule has 1 rings (SSSR count). The van der Waals surface area contributed by atoms with Crippen LogP contribution in [0, 0.1) is 0 Å². The summed E-state index contributed by atoms with van der Waals surface area (Å²) in [7, 11) is 0. The van der Waals surface area contributed by atoms with Crippen LogP contribution in [0.5, 0.6) is 0 Å². The van der Waals surface area contributed by atoms with E-state index in [0.717, 1.165) is 0 Å². The largest absolute Gasteiger partial charge is 0.391 e. The third-order valence-electron chi connectivity index (χ3n) is 2.11. The van der Waals surface area contributed by atoms with Crippen molar-refractivity contribution in [1.29, 1.82) is 0 Å². The Kier molecular flexibility index (Phi) is 3.27. The van der Waals surface area contributed by atoms with E-state index in [4.69, 9.17) is 15.4 Å². The lowest BCUT2D eigenvalue weighted by molar-refractivity contribution is -0.315. The van der Waals surface area contributed by atoms with Gasteiger partial charge in [-0.1, -0.05) is 5.11 Å². The third-order valence-corrected chi connectivity index (χ3v) is 2.11. The summed E-state index contributed by atoms with van der Waals surface area (Å²) in [4.78, 5) is 2.45. The molecule has 4 atom stereocenters. The first kappa shape index (κ1) is 11.2. The van der Waals surface area contributed by atoms with E-state index in [2.05, 4.69) is 10.0 Å². The normalized spacial score (nSPS) is 43.0. The molecule has 0 radical (unpaired) electrons. The molecule has 0 aromatic carbocycles. The smallest absolute Gasteiger partial charge is 0.218 e. The Balaban J connectivity index is 2.78. The topological polar surface area (TPSA) is 139 Å². The SMILES string of the molecule is [N-]=[N+]=N[C@@H]1CO[C@@](O)(CO)[C@@H](O)[C@H]1O. The minimum absolute atomic E-state index is 0.265. The number of aliphatic hydroxyl groups excluding tert-OH is 3. The molecule has 8 heteroatoms. The maximum absolute atomic E-state index is 9.39. The molecular formula is C6H11N3O5. The van der Waals surface area contributed by atoms with E-state index in [0.29, 0.717) is 0 Å². The standard InChI is InChI=1S/C6H11N3O5/c7-9-8-3-1-14-6(13,2-10)5(12)4(3)11/h3-5,10-13H,1-2H2/t3-,4+,5+,6+/m1/s1. The highest BCUT2D eigenvalue weighted by atomic mass is 16.7. The number of hydrogen-bond donors (Lipinski definition) is 4. The summed E-state index contributed by atoms with van der Waals surface area (Å²) in [6.07, 6.45) is -3.17. The first-order valence-corrected chi connectivity index (χ1v) is 3.92. The molecular weight excluding hydrogens is 194 g/mol. The monoisotopic (exact) mass is 205 g/mol. The minimum atomic E-state index is -2.19. The summed E-state index contributed by atoms with van der Waals surface area (Å²) in [5.74, 6) is -2.19. The van der Waals surface area contributed by atoms with Gasteiger partial charge in [0.2, 0.25) is 5.79 Å². The predicted molar refractivity (Wildman–Crippen MR) is 42.9 cm³/mol. The van der Waals surface area contributed by atoms with E-state index in [1.165, 1.54) is 0 Å². The Bertz CT molecular complexity index is 256. The van der Waals surface area contributed by atoms with Gasteiger partial charge in [-0.05, 0) is 5.53 Å². The van der Waals surface area contributed by atoms with E-state index < -0.39 is 30.6 Å². The lowest BCUT2D eigenvalue weighted by Gasteiger charge is -2.40. The molecule has 8 nitrogen and oxygen atoms in total. The predicted octanol–water partition coefficient (Wildman–Crippen LogP) is -1.90. The van der Waals surface area contributed by atoms with Gasteiger partial charge in [0.15, 0.2) is 0 Å². The molecule has 0 aromatic rings. The number of ether oxygens (including phenoxy) is 1. The van der Waals surface area contributed by atoms with Crippen LogP contribution in [0.1, 0.15) is 0 Å². The number of aliphatic hydroxyl groups is 4. The summed E-state index contributed by atoms with van der Waals surface area (Å²) in [5, 5.41) is 40.0. The Labute approximate surface area is 79.0 Å². The number of rotatable bonds is 2. The van der Waals surface area contributed by atoms with Crippen molar-refractivity contribution in [2.24, 2.45) is 5.11 Å². The van der Waals surface area contributed by atoms with Gasteiger partial charge < -0.3 is 25.2 Å². The van der Waals surface area contributed by atoms with Gasteiger partial charge in [-0.15, -0.1) is 0 Å². The number of hydrogen-bond acceptors (Lipinski definition) is 6. The van der Waals surface area contributed by atoms with Crippen LogP contribution in [-0.4, -0.2) is 57.7 Å². The van der Waals surface area contributed by atoms with E-state index >= 15 is 0 Å². The van der Waals surface area contributed by atoms with E-state index in [1.54, 1.807) is 0 Å². The molecule has 14 heavy (non-hydrogen) atoms. The van der Waals surface area contributed by atoms with Gasteiger partial charge in [-0.3, -0.25) is 0 Å². The number of azide groups is 1. The van der Waals surface area contributed by atoms with E-state index in [-0.39, 0.29) is 6.61 Å². The van der Waals surface area contributed by atoms with Crippen molar-refractivity contribution in [1.82, 2.24) is 0 Å². The van der Waals surface area contributed by atoms with Crippen molar-refractivity contribution in [2.45, 2.75) is 24.0 Å². The molecule has 0 aliphatic carbocycles. The Morgan fingerprint density at radius 2 is 2.21 bits per heavy atom. The Morgan fingerprint density at radius 3 is 2.71 bits per heavy atom. The van der Waals surface area contributed by atoms with Gasteiger partial charge in [0.25, 0.3) is 0 Å². The van der Waals surface area contributed by atoms with Crippen molar-refractivity contribution in [2.75, 3.05) is 13.2 Å². The molecule has 0 unspecified atom stereocenters. The fourth-order valence-corrected chi connectivity index (χ4v) is 1.20. The molecule has 1 saturated heterocycles. The molecule has 4 N–H and O–H groups in total. The highest BCUT2D eigenvalue weighted by molar-refractivity contribution is 4.94. The molecule has 0 spiro atoms. The highest BCUT2D eigenvalue weighted by Crippen LogP contribution is 2.24. The lowest BCUT2D eigenvalue weighted by Crippen LogP contribution is -2.62. The second-order valence-corrected chi connectivity index (χ2v) is 3.02. The van der Waals surface area contributed by atoms with Crippen molar-refractivity contribution < 1.29 is 25.2 Å². The minimum Gasteiger partial charge on any atom is -0.391 e. The first-order valence-electron chi connectivity index (χ1n) is 3.92. The van der Waals surface area contributed by atoms with Crippen LogP contribution in [0.4, 0.5) is 0 Å². The molecule has 0 aromatic heterocycles. The van der Waals surface area contributed by atoms with Crippen LogP contribution in [0.3, 0.4) is 0 Å². The molecule has 1 fully saturated rings. The molecule has 0 saturated carbocycles. The van der Waals surface area contributed by atoms with Gasteiger partial charge in [-0.2, -0.15) is 0 Å². The van der Waals surface area contributed by atoms with Gasteiger partial charge in [0.05, 0.1) is 25.4 Å². The molecule has 1 aliphatic heterocycles. The maximum Gasteiger partial charge on any atom is 0.218 e. The van der Waals surface area contributed by atoms with Crippen molar-refractivity contribution in [3.05, 3.63) is 10.4 Å². The zero-order valence-corrected chi connectivity index (χ0v) is 7.19. The molecule has 1 heterocycles. The first-order chi connectivity index (χ1) is 6.55. The van der Waals surface area contributed by atoms with Crippen LogP contribution in [0.25, 0.3) is 10.4 Å². The second-order valence-electron chi connectivity index (χ2n) is 3.02. The van der Waals surface area contributed by atoms with Crippen LogP contribution in [-0.2, 0) is 4.74 Å². The summed E-state index contributed by atoms with van der Waals surface area (Å²) >= 11 is 0. The van der Waals surface area contributed by atoms with Gasteiger partial charge in [-0.25, -0.2) is 0 Å². The summed E-state index contributed by atoms with van der Waals surface area (Å²) in [6.45, 7) is -1.12. The third kappa shape index (κ3) is 1.80. The van der Waals surface area contributed by atoms with E-state index in [1.807, 2.05) is 0 Å².